The van der Waals surface area contributed by atoms with E-state index in [1.54, 1.807) is 0 Å². The lowest BCUT2D eigenvalue weighted by Crippen LogP contribution is -2.09. The fourth-order valence-electron chi connectivity index (χ4n) is 2.44. The maximum atomic E-state index is 10.6. The predicted octanol–water partition coefficient (Wildman–Crippen LogP) is 1.67. The zero-order valence-corrected chi connectivity index (χ0v) is 9.37. The van der Waals surface area contributed by atoms with Gasteiger partial charge in [0.05, 0.1) is 4.92 Å². The number of hydrogen-bond acceptors (Lipinski definition) is 5. The number of aromatic nitrogens is 1. The number of nitro groups is 1. The van der Waals surface area contributed by atoms with Crippen molar-refractivity contribution >= 4 is 21.9 Å². The molecule has 0 spiro atoms. The molecule has 3 rings (SSSR count). The molecule has 1 saturated heterocycles. The van der Waals surface area contributed by atoms with Gasteiger partial charge >= 0.3 is 5.00 Å². The standard InChI is InChI=1S/C10H11N3O2S/c14-13(15)9-5-12-10(16-9)6-1-7-3-11-4-8(7)2-6/h1,5,7-8,11H,2-4H2/t7-,8+/m0/s1. The van der Waals surface area contributed by atoms with Crippen molar-refractivity contribution in [3.05, 3.63) is 27.4 Å². The van der Waals surface area contributed by atoms with Gasteiger partial charge < -0.3 is 5.32 Å². The summed E-state index contributed by atoms with van der Waals surface area (Å²) >= 11 is 1.18. The fraction of sp³-hybridized carbons (Fsp3) is 0.500. The second kappa shape index (κ2) is 3.64. The molecule has 1 aliphatic carbocycles. The molecule has 84 valence electrons. The zero-order chi connectivity index (χ0) is 11.1. The number of fused-ring (bicyclic) bond motifs is 1. The highest BCUT2D eigenvalue weighted by atomic mass is 32.1. The van der Waals surface area contributed by atoms with Gasteiger partial charge in [0.2, 0.25) is 0 Å². The average Bonchev–Trinajstić information content (AvgIpc) is 2.91. The third-order valence-corrected chi connectivity index (χ3v) is 4.26. The molecule has 2 heterocycles. The monoisotopic (exact) mass is 237 g/mol. The largest absolute Gasteiger partial charge is 0.344 e. The van der Waals surface area contributed by atoms with Crippen LogP contribution in [0.3, 0.4) is 0 Å². The van der Waals surface area contributed by atoms with E-state index in [1.165, 1.54) is 23.1 Å². The minimum Gasteiger partial charge on any atom is -0.316 e. The van der Waals surface area contributed by atoms with Gasteiger partial charge in [-0.15, -0.1) is 0 Å². The van der Waals surface area contributed by atoms with Crippen LogP contribution in [-0.4, -0.2) is 23.0 Å². The van der Waals surface area contributed by atoms with Gasteiger partial charge in [-0.25, -0.2) is 4.98 Å². The molecule has 0 bridgehead atoms. The summed E-state index contributed by atoms with van der Waals surface area (Å²) in [5.74, 6) is 1.26. The van der Waals surface area contributed by atoms with Crippen LogP contribution in [0.4, 0.5) is 5.00 Å². The van der Waals surface area contributed by atoms with Crippen LogP contribution in [-0.2, 0) is 0 Å². The van der Waals surface area contributed by atoms with E-state index in [9.17, 15) is 10.1 Å². The quantitative estimate of drug-likeness (QED) is 0.627. The van der Waals surface area contributed by atoms with E-state index in [4.69, 9.17) is 0 Å². The Balaban J connectivity index is 1.85. The molecule has 0 saturated carbocycles. The van der Waals surface area contributed by atoms with E-state index in [2.05, 4.69) is 16.4 Å². The summed E-state index contributed by atoms with van der Waals surface area (Å²) in [4.78, 5) is 14.3. The number of hydrogen-bond donors (Lipinski definition) is 1. The lowest BCUT2D eigenvalue weighted by molar-refractivity contribution is -0.380. The van der Waals surface area contributed by atoms with Crippen LogP contribution in [0.5, 0.6) is 0 Å². The van der Waals surface area contributed by atoms with Crippen molar-refractivity contribution in [2.24, 2.45) is 11.8 Å². The van der Waals surface area contributed by atoms with Crippen LogP contribution in [0.15, 0.2) is 12.3 Å². The average molecular weight is 237 g/mol. The maximum Gasteiger partial charge on any atom is 0.344 e. The van der Waals surface area contributed by atoms with Gasteiger partial charge in [-0.2, -0.15) is 0 Å². The SMILES string of the molecule is O=[N+]([O-])c1cnc(C2=C[C@H]3CNC[C@H]3C2)s1. The molecule has 0 amide bonds. The molecule has 16 heavy (non-hydrogen) atoms. The highest BCUT2D eigenvalue weighted by Gasteiger charge is 2.33. The molecule has 1 aromatic heterocycles. The first-order chi connectivity index (χ1) is 7.74. The van der Waals surface area contributed by atoms with Gasteiger partial charge in [0.1, 0.15) is 11.2 Å². The number of allylic oxidation sites excluding steroid dienone is 1. The Kier molecular flexibility index (Phi) is 2.26. The van der Waals surface area contributed by atoms with Gasteiger partial charge in [0.25, 0.3) is 0 Å². The molecule has 1 fully saturated rings. The molecule has 1 N–H and O–H groups in total. The van der Waals surface area contributed by atoms with Crippen molar-refractivity contribution in [1.82, 2.24) is 10.3 Å². The molecule has 5 nitrogen and oxygen atoms in total. The molecule has 0 aromatic carbocycles. The second-order valence-electron chi connectivity index (χ2n) is 4.24. The summed E-state index contributed by atoms with van der Waals surface area (Å²) < 4.78 is 0. The number of rotatable bonds is 2. The Hall–Kier alpha value is -1.27. The van der Waals surface area contributed by atoms with Crippen molar-refractivity contribution < 1.29 is 4.92 Å². The van der Waals surface area contributed by atoms with Crippen molar-refractivity contribution in [1.29, 1.82) is 0 Å². The minimum absolute atomic E-state index is 0.131. The van der Waals surface area contributed by atoms with Crippen molar-refractivity contribution in [2.45, 2.75) is 6.42 Å². The van der Waals surface area contributed by atoms with E-state index < -0.39 is 0 Å². The summed E-state index contributed by atoms with van der Waals surface area (Å²) in [6, 6.07) is 0. The Morgan fingerprint density at radius 1 is 1.56 bits per heavy atom. The van der Waals surface area contributed by atoms with Gasteiger partial charge in [0.15, 0.2) is 0 Å². The van der Waals surface area contributed by atoms with E-state index in [-0.39, 0.29) is 9.92 Å². The number of nitrogens with one attached hydrogen (secondary N) is 1. The normalized spacial score (nSPS) is 27.9. The lowest BCUT2D eigenvalue weighted by Gasteiger charge is -2.04. The Bertz CT molecular complexity index is 468. The van der Waals surface area contributed by atoms with Gasteiger partial charge in [-0.3, -0.25) is 10.1 Å². The lowest BCUT2D eigenvalue weighted by atomic mass is 10.00. The third-order valence-electron chi connectivity index (χ3n) is 3.24. The van der Waals surface area contributed by atoms with Gasteiger partial charge in [0, 0.05) is 6.54 Å². The van der Waals surface area contributed by atoms with Crippen molar-refractivity contribution in [3.8, 4) is 0 Å². The molecule has 1 aromatic rings. The van der Waals surface area contributed by atoms with Crippen LogP contribution in [0.25, 0.3) is 5.57 Å². The summed E-state index contributed by atoms with van der Waals surface area (Å²) in [5.41, 5.74) is 1.19. The predicted molar refractivity (Wildman–Crippen MR) is 61.2 cm³/mol. The minimum atomic E-state index is -0.376. The van der Waals surface area contributed by atoms with E-state index in [0.29, 0.717) is 11.8 Å². The zero-order valence-electron chi connectivity index (χ0n) is 8.55. The first-order valence-electron chi connectivity index (χ1n) is 5.26. The molecule has 2 aliphatic rings. The molecule has 1 aliphatic heterocycles. The second-order valence-corrected chi connectivity index (χ2v) is 5.25. The Morgan fingerprint density at radius 3 is 3.12 bits per heavy atom. The molecule has 0 unspecified atom stereocenters. The molecule has 0 radical (unpaired) electrons. The number of thiazole rings is 1. The summed E-state index contributed by atoms with van der Waals surface area (Å²) in [6.07, 6.45) is 4.59. The highest BCUT2D eigenvalue weighted by molar-refractivity contribution is 7.15. The Morgan fingerprint density at radius 2 is 2.44 bits per heavy atom. The van der Waals surface area contributed by atoms with E-state index >= 15 is 0 Å². The van der Waals surface area contributed by atoms with Crippen molar-refractivity contribution in [2.75, 3.05) is 13.1 Å². The van der Waals surface area contributed by atoms with Crippen LogP contribution < -0.4 is 5.32 Å². The smallest absolute Gasteiger partial charge is 0.316 e. The highest BCUT2D eigenvalue weighted by Crippen LogP contribution is 2.40. The van der Waals surface area contributed by atoms with E-state index in [0.717, 1.165) is 24.5 Å². The van der Waals surface area contributed by atoms with Crippen molar-refractivity contribution in [3.63, 3.8) is 0 Å². The first kappa shape index (κ1) is 9.92. The first-order valence-corrected chi connectivity index (χ1v) is 6.07. The van der Waals surface area contributed by atoms with Crippen LogP contribution in [0, 0.1) is 22.0 Å². The van der Waals surface area contributed by atoms with Gasteiger partial charge in [-0.05, 0) is 41.7 Å². The molecular weight excluding hydrogens is 226 g/mol. The fourth-order valence-corrected chi connectivity index (χ4v) is 3.20. The topological polar surface area (TPSA) is 68.1 Å². The molecule has 6 heteroatoms. The maximum absolute atomic E-state index is 10.6. The third kappa shape index (κ3) is 1.54. The summed E-state index contributed by atoms with van der Waals surface area (Å²) in [7, 11) is 0. The van der Waals surface area contributed by atoms with E-state index in [1.807, 2.05) is 0 Å². The summed E-state index contributed by atoms with van der Waals surface area (Å²) in [6.45, 7) is 2.08. The number of nitrogens with zero attached hydrogens (tertiary/aromatic N) is 2. The van der Waals surface area contributed by atoms with Crippen LogP contribution in [0.2, 0.25) is 0 Å². The molecular formula is C10H11N3O2S. The summed E-state index contributed by atoms with van der Waals surface area (Å²) in [5, 5.41) is 14.9. The van der Waals surface area contributed by atoms with Gasteiger partial charge in [-0.1, -0.05) is 6.08 Å². The molecule has 2 atom stereocenters. The van der Waals surface area contributed by atoms with Crippen LogP contribution in [0.1, 0.15) is 11.4 Å². The van der Waals surface area contributed by atoms with Crippen LogP contribution >= 0.6 is 11.3 Å². The Labute approximate surface area is 96.3 Å².